The lowest BCUT2D eigenvalue weighted by Crippen LogP contribution is -3.00. The number of rotatable bonds is 4. The number of amides is 2. The van der Waals surface area contributed by atoms with Gasteiger partial charge in [-0.05, 0) is 18.2 Å². The number of carbonyl (C=O) groups excluding carboxylic acids is 2. The average molecular weight is 292 g/mol. The molecule has 6 heteroatoms. The Labute approximate surface area is 122 Å². The van der Waals surface area contributed by atoms with E-state index in [-0.39, 0.29) is 12.4 Å². The van der Waals surface area contributed by atoms with Gasteiger partial charge in [-0.15, -0.1) is 0 Å². The lowest BCUT2D eigenvalue weighted by molar-refractivity contribution is -0.690. The van der Waals surface area contributed by atoms with Gasteiger partial charge in [-0.25, -0.2) is 0 Å². The van der Waals surface area contributed by atoms with Crippen molar-refractivity contribution in [3.63, 3.8) is 0 Å². The molecule has 20 heavy (non-hydrogen) atoms. The summed E-state index contributed by atoms with van der Waals surface area (Å²) in [5, 5.41) is 0. The molecular formula is C14H14ClN3O2. The summed E-state index contributed by atoms with van der Waals surface area (Å²) in [7, 11) is 0. The van der Waals surface area contributed by atoms with E-state index in [1.807, 2.05) is 12.1 Å². The highest BCUT2D eigenvalue weighted by atomic mass is 35.5. The quantitative estimate of drug-likeness (QED) is 0.597. The summed E-state index contributed by atoms with van der Waals surface area (Å²) in [5.74, 6) is -0.971. The molecule has 0 saturated carbocycles. The smallest absolute Gasteiger partial charge is 0.313 e. The van der Waals surface area contributed by atoms with Crippen molar-refractivity contribution < 1.29 is 26.6 Å². The van der Waals surface area contributed by atoms with E-state index in [1.54, 1.807) is 41.1 Å². The van der Waals surface area contributed by atoms with E-state index in [1.165, 1.54) is 0 Å². The van der Waals surface area contributed by atoms with E-state index in [0.717, 1.165) is 5.56 Å². The predicted molar refractivity (Wildman–Crippen MR) is 69.2 cm³/mol. The second-order valence-corrected chi connectivity index (χ2v) is 4.14. The molecule has 2 amide bonds. The van der Waals surface area contributed by atoms with Crippen molar-refractivity contribution in [3.8, 4) is 0 Å². The molecule has 0 atom stereocenters. The monoisotopic (exact) mass is 291 g/mol. The molecule has 0 unspecified atom stereocenters. The largest absolute Gasteiger partial charge is 1.00 e. The van der Waals surface area contributed by atoms with E-state index in [2.05, 4.69) is 0 Å². The first-order valence-electron chi connectivity index (χ1n) is 5.75. The lowest BCUT2D eigenvalue weighted by Gasteiger charge is -2.02. The van der Waals surface area contributed by atoms with Gasteiger partial charge >= 0.3 is 5.91 Å². The van der Waals surface area contributed by atoms with Crippen LogP contribution in [0.2, 0.25) is 0 Å². The summed E-state index contributed by atoms with van der Waals surface area (Å²) >= 11 is 0. The molecule has 1 aromatic heterocycles. The fourth-order valence-corrected chi connectivity index (χ4v) is 1.86. The van der Waals surface area contributed by atoms with Crippen molar-refractivity contribution in [3.05, 3.63) is 65.5 Å². The Morgan fingerprint density at radius 1 is 1.00 bits per heavy atom. The minimum atomic E-state index is -0.494. The van der Waals surface area contributed by atoms with Crippen LogP contribution in [0.5, 0.6) is 0 Å². The van der Waals surface area contributed by atoms with Crippen LogP contribution >= 0.6 is 0 Å². The Balaban J connectivity index is 0.00000200. The van der Waals surface area contributed by atoms with Crippen molar-refractivity contribution in [1.82, 2.24) is 0 Å². The van der Waals surface area contributed by atoms with Gasteiger partial charge in [0.05, 0.1) is 0 Å². The molecular weight excluding hydrogens is 278 g/mol. The molecule has 0 radical (unpaired) electrons. The third kappa shape index (κ3) is 3.55. The minimum absolute atomic E-state index is 0. The van der Waals surface area contributed by atoms with Gasteiger partial charge < -0.3 is 23.9 Å². The maximum absolute atomic E-state index is 11.3. The molecule has 0 fully saturated rings. The molecule has 2 rings (SSSR count). The van der Waals surface area contributed by atoms with Crippen LogP contribution in [0.1, 0.15) is 26.4 Å². The standard InChI is InChI=1S/C14H13N3O2.ClH/c15-13(18)11-5-3-4-10(8-11)9-17-7-2-1-6-12(17)14(16)19;/h1-8H,9H2,(H3-,15,16,18,19);1H. The molecule has 0 aliphatic carbocycles. The predicted octanol–water partition coefficient (Wildman–Crippen LogP) is -2.78. The molecule has 0 aliphatic heterocycles. The minimum Gasteiger partial charge on any atom is -1.00 e. The lowest BCUT2D eigenvalue weighted by atomic mass is 10.1. The number of halogens is 1. The number of pyridine rings is 1. The number of nitrogens with zero attached hydrogens (tertiary/aromatic N) is 1. The zero-order chi connectivity index (χ0) is 13.8. The van der Waals surface area contributed by atoms with Crippen molar-refractivity contribution in [2.75, 3.05) is 0 Å². The summed E-state index contributed by atoms with van der Waals surface area (Å²) in [6, 6.07) is 12.2. The fraction of sp³-hybridized carbons (Fsp3) is 0.0714. The molecule has 5 nitrogen and oxygen atoms in total. The van der Waals surface area contributed by atoms with Crippen LogP contribution in [0.4, 0.5) is 0 Å². The number of nitrogens with two attached hydrogens (primary N) is 2. The summed E-state index contributed by atoms with van der Waals surface area (Å²) in [4.78, 5) is 22.4. The van der Waals surface area contributed by atoms with Crippen LogP contribution < -0.4 is 28.4 Å². The van der Waals surface area contributed by atoms with Gasteiger partial charge in [-0.1, -0.05) is 12.1 Å². The van der Waals surface area contributed by atoms with Crippen LogP contribution in [-0.2, 0) is 6.54 Å². The van der Waals surface area contributed by atoms with E-state index < -0.39 is 11.8 Å². The zero-order valence-electron chi connectivity index (χ0n) is 10.6. The molecule has 0 saturated heterocycles. The Bertz CT molecular complexity index is 644. The molecule has 2 aromatic rings. The van der Waals surface area contributed by atoms with Gasteiger partial charge in [0.2, 0.25) is 5.91 Å². The number of primary amides is 2. The van der Waals surface area contributed by atoms with Crippen LogP contribution in [0.15, 0.2) is 48.7 Å². The molecule has 0 spiro atoms. The number of carbonyl (C=O) groups is 2. The van der Waals surface area contributed by atoms with Crippen LogP contribution in [0.3, 0.4) is 0 Å². The van der Waals surface area contributed by atoms with Gasteiger partial charge in [0.1, 0.15) is 0 Å². The molecule has 0 aliphatic rings. The van der Waals surface area contributed by atoms with E-state index in [4.69, 9.17) is 11.5 Å². The average Bonchev–Trinajstić information content (AvgIpc) is 2.39. The summed E-state index contributed by atoms with van der Waals surface area (Å²) in [5.41, 5.74) is 12.3. The SMILES string of the molecule is NC(=O)c1cccc(C[n+]2ccccc2C(N)=O)c1.[Cl-]. The van der Waals surface area contributed by atoms with E-state index in [0.29, 0.717) is 17.8 Å². The first-order chi connectivity index (χ1) is 9.08. The number of benzene rings is 1. The maximum Gasteiger partial charge on any atom is 0.313 e. The van der Waals surface area contributed by atoms with Gasteiger partial charge in [-0.3, -0.25) is 9.59 Å². The van der Waals surface area contributed by atoms with Crippen LogP contribution in [0, 0.1) is 0 Å². The summed E-state index contributed by atoms with van der Waals surface area (Å²) in [6.07, 6.45) is 1.76. The highest BCUT2D eigenvalue weighted by Crippen LogP contribution is 2.05. The molecule has 1 aromatic carbocycles. The Hall–Kier alpha value is -2.40. The van der Waals surface area contributed by atoms with Crippen LogP contribution in [0.25, 0.3) is 0 Å². The first-order valence-corrected chi connectivity index (χ1v) is 5.75. The normalized spacial score (nSPS) is 9.60. The van der Waals surface area contributed by atoms with Crippen molar-refractivity contribution in [1.29, 1.82) is 0 Å². The topological polar surface area (TPSA) is 90.1 Å². The molecule has 104 valence electrons. The highest BCUT2D eigenvalue weighted by Gasteiger charge is 2.15. The van der Waals surface area contributed by atoms with E-state index in [9.17, 15) is 9.59 Å². The number of hydrogen-bond donors (Lipinski definition) is 2. The second kappa shape index (κ2) is 6.68. The van der Waals surface area contributed by atoms with Crippen molar-refractivity contribution in [2.45, 2.75) is 6.54 Å². The second-order valence-electron chi connectivity index (χ2n) is 4.14. The fourth-order valence-electron chi connectivity index (χ4n) is 1.86. The van der Waals surface area contributed by atoms with Crippen molar-refractivity contribution >= 4 is 11.8 Å². The molecule has 4 N–H and O–H groups in total. The van der Waals surface area contributed by atoms with Gasteiger partial charge in [0.25, 0.3) is 5.69 Å². The van der Waals surface area contributed by atoms with Crippen LogP contribution in [-0.4, -0.2) is 11.8 Å². The zero-order valence-corrected chi connectivity index (χ0v) is 11.4. The Morgan fingerprint density at radius 3 is 2.40 bits per heavy atom. The summed E-state index contributed by atoms with van der Waals surface area (Å²) in [6.45, 7) is 0.445. The Morgan fingerprint density at radius 2 is 1.75 bits per heavy atom. The first kappa shape index (κ1) is 15.7. The maximum atomic E-state index is 11.3. The Kier molecular flexibility index (Phi) is 5.23. The number of hydrogen-bond acceptors (Lipinski definition) is 2. The van der Waals surface area contributed by atoms with E-state index >= 15 is 0 Å². The van der Waals surface area contributed by atoms with Gasteiger partial charge in [-0.2, -0.15) is 4.57 Å². The third-order valence-electron chi connectivity index (χ3n) is 2.76. The summed E-state index contributed by atoms with van der Waals surface area (Å²) < 4.78 is 1.72. The highest BCUT2D eigenvalue weighted by molar-refractivity contribution is 5.92. The molecule has 1 heterocycles. The third-order valence-corrected chi connectivity index (χ3v) is 2.76. The van der Waals surface area contributed by atoms with Gasteiger partial charge in [0, 0.05) is 23.3 Å². The van der Waals surface area contributed by atoms with Gasteiger partial charge in [0.15, 0.2) is 12.7 Å². The number of aromatic nitrogens is 1. The molecule has 0 bridgehead atoms. The van der Waals surface area contributed by atoms with Crippen molar-refractivity contribution in [2.24, 2.45) is 11.5 Å².